The van der Waals surface area contributed by atoms with E-state index in [4.69, 9.17) is 4.98 Å². The highest BCUT2D eigenvalue weighted by molar-refractivity contribution is 5.22. The fourth-order valence-electron chi connectivity index (χ4n) is 3.07. The third-order valence-electron chi connectivity index (χ3n) is 5.60. The van der Waals surface area contributed by atoms with Gasteiger partial charge in [-0.3, -0.25) is 9.97 Å². The maximum absolute atomic E-state index is 4.95. The molecule has 2 aromatic heterocycles. The van der Waals surface area contributed by atoms with Gasteiger partial charge in [0.25, 0.3) is 0 Å². The Balaban J connectivity index is 2.22. The van der Waals surface area contributed by atoms with Gasteiger partial charge in [-0.15, -0.1) is 0 Å². The normalized spacial score (nSPS) is 13.6. The van der Waals surface area contributed by atoms with Crippen molar-refractivity contribution in [2.24, 2.45) is 0 Å². The Morgan fingerprint density at radius 2 is 1.07 bits per heavy atom. The van der Waals surface area contributed by atoms with E-state index in [1.807, 2.05) is 12.4 Å². The van der Waals surface area contributed by atoms with Crippen molar-refractivity contribution in [3.63, 3.8) is 0 Å². The molecule has 0 amide bonds. The van der Waals surface area contributed by atoms with Gasteiger partial charge in [0.1, 0.15) is 6.33 Å². The van der Waals surface area contributed by atoms with Crippen LogP contribution in [0.2, 0.25) is 0 Å². The van der Waals surface area contributed by atoms with Crippen molar-refractivity contribution in [1.29, 1.82) is 0 Å². The van der Waals surface area contributed by atoms with Gasteiger partial charge in [0, 0.05) is 45.4 Å². The van der Waals surface area contributed by atoms with Crippen LogP contribution in [-0.2, 0) is 21.7 Å². The fraction of sp³-hybridized carbons (Fsp3) is 0.667. The molecule has 0 aliphatic carbocycles. The number of nitrogens with zero attached hydrogens (tertiary/aromatic N) is 4. The molecule has 28 heavy (non-hydrogen) atoms. The third kappa shape index (κ3) is 5.36. The summed E-state index contributed by atoms with van der Waals surface area (Å²) >= 11 is 0. The second-order valence-corrected chi connectivity index (χ2v) is 11.3. The summed E-state index contributed by atoms with van der Waals surface area (Å²) in [5, 5.41) is 0. The van der Waals surface area contributed by atoms with E-state index in [1.165, 1.54) is 0 Å². The molecule has 0 bridgehead atoms. The summed E-state index contributed by atoms with van der Waals surface area (Å²) in [6.07, 6.45) is 7.54. The Labute approximate surface area is 171 Å². The van der Waals surface area contributed by atoms with Gasteiger partial charge in [0.2, 0.25) is 0 Å². The van der Waals surface area contributed by atoms with Crippen molar-refractivity contribution in [2.75, 3.05) is 0 Å². The molecular weight excluding hydrogens is 344 g/mol. The van der Waals surface area contributed by atoms with Crippen molar-refractivity contribution < 1.29 is 0 Å². The molecule has 0 aliphatic rings. The molecular formula is C24H38N4. The molecule has 2 rings (SSSR count). The molecule has 4 nitrogen and oxygen atoms in total. The number of hydrogen-bond acceptors (Lipinski definition) is 4. The Hall–Kier alpha value is -1.84. The average Bonchev–Trinajstić information content (AvgIpc) is 2.59. The molecule has 0 fully saturated rings. The monoisotopic (exact) mass is 382 g/mol. The van der Waals surface area contributed by atoms with Crippen molar-refractivity contribution in [3.05, 3.63) is 47.6 Å². The summed E-state index contributed by atoms with van der Waals surface area (Å²) in [4.78, 5) is 18.5. The van der Waals surface area contributed by atoms with Crippen LogP contribution >= 0.6 is 0 Å². The Kier molecular flexibility index (Phi) is 6.04. The van der Waals surface area contributed by atoms with Crippen LogP contribution in [0.25, 0.3) is 0 Å². The Morgan fingerprint density at radius 3 is 1.61 bits per heavy atom. The van der Waals surface area contributed by atoms with Gasteiger partial charge < -0.3 is 0 Å². The van der Waals surface area contributed by atoms with E-state index in [2.05, 4.69) is 90.3 Å². The predicted octanol–water partition coefficient (Wildman–Crippen LogP) is 5.90. The molecule has 2 aromatic rings. The molecule has 0 saturated carbocycles. The number of aromatic nitrogens is 4. The third-order valence-corrected chi connectivity index (χ3v) is 5.60. The van der Waals surface area contributed by atoms with Crippen LogP contribution in [0.3, 0.4) is 0 Å². The molecule has 0 N–H and O–H groups in total. The topological polar surface area (TPSA) is 51.6 Å². The lowest BCUT2D eigenvalue weighted by Crippen LogP contribution is -2.28. The van der Waals surface area contributed by atoms with E-state index in [-0.39, 0.29) is 21.7 Å². The van der Waals surface area contributed by atoms with Crippen molar-refractivity contribution in [2.45, 2.75) is 104 Å². The van der Waals surface area contributed by atoms with Crippen molar-refractivity contribution in [3.8, 4) is 0 Å². The van der Waals surface area contributed by atoms with Crippen LogP contribution in [0, 0.1) is 0 Å². The summed E-state index contributed by atoms with van der Waals surface area (Å²) in [5.74, 6) is 0. The molecule has 0 radical (unpaired) electrons. The molecule has 154 valence electrons. The summed E-state index contributed by atoms with van der Waals surface area (Å²) in [5.41, 5.74) is 4.25. The van der Waals surface area contributed by atoms with Gasteiger partial charge in [-0.1, -0.05) is 69.2 Å². The van der Waals surface area contributed by atoms with Gasteiger partial charge in [-0.25, -0.2) is 9.97 Å². The predicted molar refractivity (Wildman–Crippen MR) is 117 cm³/mol. The quantitative estimate of drug-likeness (QED) is 0.646. The van der Waals surface area contributed by atoms with Crippen molar-refractivity contribution in [1.82, 2.24) is 19.9 Å². The smallest absolute Gasteiger partial charge is 0.115 e. The molecule has 0 saturated heterocycles. The fourth-order valence-corrected chi connectivity index (χ4v) is 3.07. The maximum atomic E-state index is 4.95. The van der Waals surface area contributed by atoms with Crippen LogP contribution < -0.4 is 0 Å². The summed E-state index contributed by atoms with van der Waals surface area (Å²) in [7, 11) is 0. The van der Waals surface area contributed by atoms with Gasteiger partial charge >= 0.3 is 0 Å². The van der Waals surface area contributed by atoms with Gasteiger partial charge in [0.15, 0.2) is 0 Å². The van der Waals surface area contributed by atoms with Crippen LogP contribution in [0.1, 0.15) is 105 Å². The highest BCUT2D eigenvalue weighted by atomic mass is 14.9. The minimum absolute atomic E-state index is 0.00265. The maximum Gasteiger partial charge on any atom is 0.115 e. The molecule has 4 heteroatoms. The first kappa shape index (κ1) is 22.4. The molecule has 0 spiro atoms. The zero-order valence-electron chi connectivity index (χ0n) is 19.5. The van der Waals surface area contributed by atoms with Crippen LogP contribution in [0.15, 0.2) is 24.8 Å². The molecule has 0 atom stereocenters. The van der Waals surface area contributed by atoms with Crippen LogP contribution in [-0.4, -0.2) is 19.9 Å². The lowest BCUT2D eigenvalue weighted by atomic mass is 9.75. The van der Waals surface area contributed by atoms with Crippen LogP contribution in [0.5, 0.6) is 0 Å². The zero-order chi connectivity index (χ0) is 21.4. The highest BCUT2D eigenvalue weighted by Gasteiger charge is 2.31. The van der Waals surface area contributed by atoms with E-state index in [0.717, 1.165) is 35.6 Å². The second kappa shape index (κ2) is 7.53. The average molecular weight is 383 g/mol. The summed E-state index contributed by atoms with van der Waals surface area (Å²) in [6.45, 7) is 22.2. The first-order chi connectivity index (χ1) is 12.6. The lowest BCUT2D eigenvalue weighted by molar-refractivity contribution is 0.360. The SMILES string of the molecule is CC(C)(C)c1cc(C(C)(C)CCC(C)(C)c2cncc(C(C)(C)C)n2)ncn1. The second-order valence-electron chi connectivity index (χ2n) is 11.3. The van der Waals surface area contributed by atoms with E-state index < -0.39 is 0 Å². The van der Waals surface area contributed by atoms with Crippen LogP contribution in [0.4, 0.5) is 0 Å². The van der Waals surface area contributed by atoms with Crippen molar-refractivity contribution >= 4 is 0 Å². The molecule has 0 unspecified atom stereocenters. The van der Waals surface area contributed by atoms with E-state index in [9.17, 15) is 0 Å². The minimum Gasteiger partial charge on any atom is -0.261 e. The van der Waals surface area contributed by atoms with Gasteiger partial charge in [0.05, 0.1) is 11.4 Å². The summed E-state index contributed by atoms with van der Waals surface area (Å²) in [6, 6.07) is 2.17. The molecule has 0 aliphatic heterocycles. The van der Waals surface area contributed by atoms with E-state index in [0.29, 0.717) is 0 Å². The first-order valence-electron chi connectivity index (χ1n) is 10.3. The Bertz CT molecular complexity index is 738. The number of rotatable bonds is 5. The van der Waals surface area contributed by atoms with Gasteiger partial charge in [-0.05, 0) is 18.9 Å². The largest absolute Gasteiger partial charge is 0.261 e. The molecule has 0 aromatic carbocycles. The minimum atomic E-state index is -0.0502. The lowest BCUT2D eigenvalue weighted by Gasteiger charge is -2.32. The molecule has 2 heterocycles. The van der Waals surface area contributed by atoms with E-state index in [1.54, 1.807) is 6.33 Å². The highest BCUT2D eigenvalue weighted by Crippen LogP contribution is 2.36. The standard InChI is InChI=1S/C24H38N4/c1-21(2,3)17-13-18(27-16-26-17)23(7,8)11-12-24(9,10)20-15-25-14-19(28-20)22(4,5)6/h13-16H,11-12H2,1-10H3. The first-order valence-corrected chi connectivity index (χ1v) is 10.3. The zero-order valence-corrected chi connectivity index (χ0v) is 19.5. The van der Waals surface area contributed by atoms with Gasteiger partial charge in [-0.2, -0.15) is 0 Å². The summed E-state index contributed by atoms with van der Waals surface area (Å²) < 4.78 is 0. The van der Waals surface area contributed by atoms with E-state index >= 15 is 0 Å². The number of hydrogen-bond donors (Lipinski definition) is 0. The Morgan fingerprint density at radius 1 is 0.607 bits per heavy atom.